The molecule has 2 N–H and O–H groups in total. The topological polar surface area (TPSA) is 66.4 Å². The zero-order valence-corrected chi connectivity index (χ0v) is 15.1. The van der Waals surface area contributed by atoms with Gasteiger partial charge >= 0.3 is 0 Å². The summed E-state index contributed by atoms with van der Waals surface area (Å²) < 4.78 is 29.0. The first kappa shape index (κ1) is 16.5. The number of sulfonamides is 1. The van der Waals surface area contributed by atoms with Crippen molar-refractivity contribution in [3.63, 3.8) is 0 Å². The molecule has 21 heavy (non-hydrogen) atoms. The highest BCUT2D eigenvalue weighted by Crippen LogP contribution is 2.28. The Morgan fingerprint density at radius 1 is 1.19 bits per heavy atom. The molecule has 4 nitrogen and oxygen atoms in total. The van der Waals surface area contributed by atoms with Gasteiger partial charge in [0.15, 0.2) is 0 Å². The normalized spacial score (nSPS) is 11.4. The maximum absolute atomic E-state index is 12.5. The SMILES string of the molecule is Cc1c(Br)cc(CO)cc1S(=O)(=O)Nc1cccc(Br)c1. The fourth-order valence-electron chi connectivity index (χ4n) is 1.84. The molecule has 0 bridgehead atoms. The van der Waals surface area contributed by atoms with Gasteiger partial charge in [0.05, 0.1) is 11.5 Å². The van der Waals surface area contributed by atoms with Crippen molar-refractivity contribution in [1.82, 2.24) is 0 Å². The molecule has 7 heteroatoms. The Morgan fingerprint density at radius 3 is 2.52 bits per heavy atom. The summed E-state index contributed by atoms with van der Waals surface area (Å²) in [5, 5.41) is 9.23. The van der Waals surface area contributed by atoms with E-state index in [1.807, 2.05) is 6.07 Å². The smallest absolute Gasteiger partial charge is 0.262 e. The zero-order chi connectivity index (χ0) is 15.6. The highest BCUT2D eigenvalue weighted by atomic mass is 79.9. The number of rotatable bonds is 4. The van der Waals surface area contributed by atoms with Gasteiger partial charge in [0.25, 0.3) is 10.0 Å². The molecule has 0 saturated carbocycles. The number of hydrogen-bond acceptors (Lipinski definition) is 3. The van der Waals surface area contributed by atoms with E-state index in [4.69, 9.17) is 0 Å². The Bertz CT molecular complexity index is 776. The molecule has 112 valence electrons. The number of benzene rings is 2. The summed E-state index contributed by atoms with van der Waals surface area (Å²) in [6.45, 7) is 1.49. The van der Waals surface area contributed by atoms with Gasteiger partial charge < -0.3 is 5.11 Å². The minimum atomic E-state index is -3.73. The van der Waals surface area contributed by atoms with Crippen LogP contribution in [0.2, 0.25) is 0 Å². The Hall–Kier alpha value is -0.890. The quantitative estimate of drug-likeness (QED) is 0.768. The predicted molar refractivity (Wildman–Crippen MR) is 89.8 cm³/mol. The second-order valence-corrected chi connectivity index (χ2v) is 7.90. The molecule has 0 atom stereocenters. The Kier molecular flexibility index (Phi) is 5.08. The summed E-state index contributed by atoms with van der Waals surface area (Å²) in [6.07, 6.45) is 0. The lowest BCUT2D eigenvalue weighted by atomic mass is 10.2. The molecule has 0 aliphatic rings. The van der Waals surface area contributed by atoms with Gasteiger partial charge in [-0.25, -0.2) is 8.42 Å². The molecule has 0 heterocycles. The van der Waals surface area contributed by atoms with Crippen molar-refractivity contribution in [2.24, 2.45) is 0 Å². The van der Waals surface area contributed by atoms with Gasteiger partial charge in [0.1, 0.15) is 0 Å². The molecular weight excluding hydrogens is 422 g/mol. The molecule has 2 rings (SSSR count). The van der Waals surface area contributed by atoms with E-state index in [0.29, 0.717) is 21.3 Å². The Balaban J connectivity index is 2.47. The third-order valence-electron chi connectivity index (χ3n) is 2.91. The summed E-state index contributed by atoms with van der Waals surface area (Å²) in [4.78, 5) is 0.140. The van der Waals surface area contributed by atoms with Gasteiger partial charge in [0.2, 0.25) is 0 Å². The summed E-state index contributed by atoms with van der Waals surface area (Å²) in [6, 6.07) is 10.1. The third kappa shape index (κ3) is 3.85. The van der Waals surface area contributed by atoms with Gasteiger partial charge in [-0.1, -0.05) is 37.9 Å². The molecule has 0 radical (unpaired) electrons. The highest BCUT2D eigenvalue weighted by Gasteiger charge is 2.19. The predicted octanol–water partition coefficient (Wildman–Crippen LogP) is 3.81. The molecule has 0 amide bonds. The van der Waals surface area contributed by atoms with Crippen LogP contribution in [-0.2, 0) is 16.6 Å². The van der Waals surface area contributed by atoms with Crippen molar-refractivity contribution in [2.45, 2.75) is 18.4 Å². The maximum atomic E-state index is 12.5. The van der Waals surface area contributed by atoms with Crippen LogP contribution in [0.1, 0.15) is 11.1 Å². The fraction of sp³-hybridized carbons (Fsp3) is 0.143. The Labute approximate surface area is 140 Å². The summed E-state index contributed by atoms with van der Waals surface area (Å²) >= 11 is 6.62. The largest absolute Gasteiger partial charge is 0.392 e. The van der Waals surface area contributed by atoms with Crippen LogP contribution in [-0.4, -0.2) is 13.5 Å². The number of aliphatic hydroxyl groups excluding tert-OH is 1. The van der Waals surface area contributed by atoms with Crippen LogP contribution in [0, 0.1) is 6.92 Å². The molecule has 0 spiro atoms. The van der Waals surface area contributed by atoms with E-state index in [0.717, 1.165) is 4.47 Å². The lowest BCUT2D eigenvalue weighted by Gasteiger charge is -2.13. The van der Waals surface area contributed by atoms with Crippen molar-refractivity contribution < 1.29 is 13.5 Å². The second-order valence-electron chi connectivity index (χ2n) is 4.47. The van der Waals surface area contributed by atoms with E-state index in [-0.39, 0.29) is 11.5 Å². The van der Waals surface area contributed by atoms with E-state index < -0.39 is 10.0 Å². The van der Waals surface area contributed by atoms with Gasteiger partial charge in [0, 0.05) is 14.6 Å². The standard InChI is InChI=1S/C14H13Br2NO3S/c1-9-13(16)5-10(8-18)6-14(9)21(19,20)17-12-4-2-3-11(15)7-12/h2-7,17-18H,8H2,1H3. The van der Waals surface area contributed by atoms with Crippen molar-refractivity contribution in [2.75, 3.05) is 4.72 Å². The molecular formula is C14H13Br2NO3S. The van der Waals surface area contributed by atoms with Crippen molar-refractivity contribution in [3.8, 4) is 0 Å². The van der Waals surface area contributed by atoms with Gasteiger partial charge in [-0.3, -0.25) is 4.72 Å². The van der Waals surface area contributed by atoms with E-state index in [1.54, 1.807) is 31.2 Å². The third-order valence-corrected chi connectivity index (χ3v) is 5.73. The van der Waals surface area contributed by atoms with Crippen molar-refractivity contribution >= 4 is 47.6 Å². The van der Waals surface area contributed by atoms with Gasteiger partial charge in [-0.2, -0.15) is 0 Å². The van der Waals surface area contributed by atoms with Crippen LogP contribution in [0.3, 0.4) is 0 Å². The lowest BCUT2D eigenvalue weighted by Crippen LogP contribution is -2.15. The average Bonchev–Trinajstić information content (AvgIpc) is 2.41. The fourth-order valence-corrected chi connectivity index (χ4v) is 4.24. The van der Waals surface area contributed by atoms with E-state index in [1.165, 1.54) is 6.07 Å². The van der Waals surface area contributed by atoms with Crippen LogP contribution < -0.4 is 4.72 Å². The van der Waals surface area contributed by atoms with Crippen LogP contribution in [0.25, 0.3) is 0 Å². The monoisotopic (exact) mass is 433 g/mol. The summed E-state index contributed by atoms with van der Waals surface area (Å²) in [5.74, 6) is 0. The van der Waals surface area contributed by atoms with E-state index in [9.17, 15) is 13.5 Å². The van der Waals surface area contributed by atoms with E-state index in [2.05, 4.69) is 36.6 Å². The Morgan fingerprint density at radius 2 is 1.90 bits per heavy atom. The molecule has 0 aliphatic heterocycles. The second kappa shape index (κ2) is 6.48. The minimum absolute atomic E-state index is 0.140. The van der Waals surface area contributed by atoms with Gasteiger partial charge in [-0.05, 0) is 48.4 Å². The van der Waals surface area contributed by atoms with E-state index >= 15 is 0 Å². The summed E-state index contributed by atoms with van der Waals surface area (Å²) in [5.41, 5.74) is 1.59. The van der Waals surface area contributed by atoms with Crippen molar-refractivity contribution in [1.29, 1.82) is 0 Å². The number of aliphatic hydroxyl groups is 1. The van der Waals surface area contributed by atoms with Crippen LogP contribution in [0.4, 0.5) is 5.69 Å². The average molecular weight is 435 g/mol. The number of nitrogens with one attached hydrogen (secondary N) is 1. The maximum Gasteiger partial charge on any atom is 0.262 e. The molecule has 0 saturated heterocycles. The molecule has 0 unspecified atom stereocenters. The first-order chi connectivity index (χ1) is 9.83. The van der Waals surface area contributed by atoms with Crippen LogP contribution in [0.15, 0.2) is 50.2 Å². The first-order valence-corrected chi connectivity index (χ1v) is 9.08. The molecule has 0 fully saturated rings. The van der Waals surface area contributed by atoms with Crippen LogP contribution in [0.5, 0.6) is 0 Å². The van der Waals surface area contributed by atoms with Crippen LogP contribution >= 0.6 is 31.9 Å². The van der Waals surface area contributed by atoms with Crippen molar-refractivity contribution in [3.05, 3.63) is 56.5 Å². The lowest BCUT2D eigenvalue weighted by molar-refractivity contribution is 0.281. The molecule has 0 aliphatic carbocycles. The zero-order valence-electron chi connectivity index (χ0n) is 11.1. The highest BCUT2D eigenvalue weighted by molar-refractivity contribution is 9.10. The number of anilines is 1. The molecule has 2 aromatic carbocycles. The number of halogens is 2. The van der Waals surface area contributed by atoms with Gasteiger partial charge in [-0.15, -0.1) is 0 Å². The molecule has 0 aromatic heterocycles. The molecule has 2 aromatic rings. The summed E-state index contributed by atoms with van der Waals surface area (Å²) in [7, 11) is -3.73. The first-order valence-electron chi connectivity index (χ1n) is 6.02. The number of hydrogen-bond donors (Lipinski definition) is 2. The minimum Gasteiger partial charge on any atom is -0.392 e.